The second kappa shape index (κ2) is 12.5. The molecule has 0 fully saturated rings. The molecule has 194 valence electrons. The molecule has 0 unspecified atom stereocenters. The van der Waals surface area contributed by atoms with Crippen molar-refractivity contribution in [3.05, 3.63) is 89.5 Å². The zero-order valence-corrected chi connectivity index (χ0v) is 22.1. The van der Waals surface area contributed by atoms with E-state index < -0.39 is 27.1 Å². The Morgan fingerprint density at radius 2 is 1.79 bits per heavy atom. The van der Waals surface area contributed by atoms with Crippen molar-refractivity contribution in [2.45, 2.75) is 6.92 Å². The van der Waals surface area contributed by atoms with E-state index in [0.29, 0.717) is 27.2 Å². The Morgan fingerprint density at radius 1 is 1.08 bits per heavy atom. The summed E-state index contributed by atoms with van der Waals surface area (Å²) in [5.74, 6) is 0.0455. The summed E-state index contributed by atoms with van der Waals surface area (Å²) in [6, 6.07) is 14.6. The largest absolute Gasteiger partial charge is 0.494 e. The number of halogens is 1. The van der Waals surface area contributed by atoms with Crippen molar-refractivity contribution in [2.75, 3.05) is 19.0 Å². The van der Waals surface area contributed by atoms with E-state index >= 15 is 0 Å². The lowest BCUT2D eigenvalue weighted by molar-refractivity contribution is -0.394. The third-order valence-electron chi connectivity index (χ3n) is 4.91. The van der Waals surface area contributed by atoms with Crippen LogP contribution in [0.1, 0.15) is 12.5 Å². The van der Waals surface area contributed by atoms with Gasteiger partial charge in [0.1, 0.15) is 17.4 Å². The first-order valence-corrected chi connectivity index (χ1v) is 11.9. The number of ether oxygens (including phenoxy) is 3. The van der Waals surface area contributed by atoms with Gasteiger partial charge in [0.15, 0.2) is 11.5 Å². The van der Waals surface area contributed by atoms with E-state index in [1.54, 1.807) is 30.3 Å². The van der Waals surface area contributed by atoms with Crippen molar-refractivity contribution in [3.63, 3.8) is 0 Å². The second-order valence-electron chi connectivity index (χ2n) is 7.38. The molecule has 0 aromatic heterocycles. The third-order valence-corrected chi connectivity index (χ3v) is 5.71. The van der Waals surface area contributed by atoms with Crippen LogP contribution in [0.2, 0.25) is 0 Å². The average Bonchev–Trinajstić information content (AvgIpc) is 2.89. The molecule has 0 spiro atoms. The van der Waals surface area contributed by atoms with Crippen LogP contribution >= 0.6 is 22.6 Å². The fourth-order valence-corrected chi connectivity index (χ4v) is 3.93. The van der Waals surface area contributed by atoms with E-state index in [4.69, 9.17) is 14.2 Å². The standard InChI is InChI=1S/C25H19IN4O8/c1-3-37-19-7-4-17(5-8-19)28-25(31)16(14-27)10-15-11-20(26)24(23(12-15)36-2)38-22-9-6-18(29(32)33)13-21(22)30(34)35/h4-13H,3H2,1-2H3,(H,28,31)/b16-10-. The molecule has 3 aromatic rings. The lowest BCUT2D eigenvalue weighted by Gasteiger charge is -2.13. The van der Waals surface area contributed by atoms with Crippen molar-refractivity contribution in [3.8, 4) is 29.1 Å². The zero-order chi connectivity index (χ0) is 27.8. The van der Waals surface area contributed by atoms with Crippen molar-refractivity contribution in [1.82, 2.24) is 0 Å². The number of amides is 1. The molecule has 0 aliphatic rings. The Bertz CT molecular complexity index is 1470. The van der Waals surface area contributed by atoms with Crippen LogP contribution in [0.25, 0.3) is 6.08 Å². The number of carbonyl (C=O) groups excluding carboxylic acids is 1. The zero-order valence-electron chi connectivity index (χ0n) is 20.0. The van der Waals surface area contributed by atoms with Gasteiger partial charge in [-0.3, -0.25) is 25.0 Å². The Kier molecular flexibility index (Phi) is 9.17. The van der Waals surface area contributed by atoms with Gasteiger partial charge in [-0.1, -0.05) is 0 Å². The third kappa shape index (κ3) is 6.73. The van der Waals surface area contributed by atoms with E-state index in [-0.39, 0.29) is 22.8 Å². The Morgan fingerprint density at radius 3 is 2.37 bits per heavy atom. The van der Waals surface area contributed by atoms with Gasteiger partial charge in [-0.2, -0.15) is 5.26 Å². The van der Waals surface area contributed by atoms with Crippen molar-refractivity contribution >= 4 is 51.6 Å². The Hall–Kier alpha value is -4.71. The number of rotatable bonds is 10. The minimum atomic E-state index is -0.791. The van der Waals surface area contributed by atoms with Gasteiger partial charge in [0, 0.05) is 11.8 Å². The number of methoxy groups -OCH3 is 1. The number of nitriles is 1. The highest BCUT2D eigenvalue weighted by atomic mass is 127. The summed E-state index contributed by atoms with van der Waals surface area (Å²) in [4.78, 5) is 33.6. The summed E-state index contributed by atoms with van der Waals surface area (Å²) in [5.41, 5.74) is -0.343. The van der Waals surface area contributed by atoms with Gasteiger partial charge >= 0.3 is 5.69 Å². The molecule has 0 radical (unpaired) electrons. The SMILES string of the molecule is CCOc1ccc(NC(=O)/C(C#N)=C\c2cc(I)c(Oc3ccc([N+](=O)[O-])cc3[N+](=O)[O-])c(OC)c2)cc1. The maximum atomic E-state index is 12.7. The fourth-order valence-electron chi connectivity index (χ4n) is 3.20. The van der Waals surface area contributed by atoms with Gasteiger partial charge in [-0.05, 0) is 83.6 Å². The van der Waals surface area contributed by atoms with Crippen LogP contribution in [0.15, 0.2) is 60.2 Å². The Balaban J connectivity index is 1.90. The van der Waals surface area contributed by atoms with Gasteiger partial charge in [0.25, 0.3) is 11.6 Å². The van der Waals surface area contributed by atoms with Gasteiger partial charge < -0.3 is 19.5 Å². The molecular weight excluding hydrogens is 611 g/mol. The van der Waals surface area contributed by atoms with E-state index in [9.17, 15) is 30.3 Å². The highest BCUT2D eigenvalue weighted by Gasteiger charge is 2.23. The van der Waals surface area contributed by atoms with Crippen LogP contribution in [0.5, 0.6) is 23.0 Å². The molecular formula is C25H19IN4O8. The number of anilines is 1. The number of nitrogens with zero attached hydrogens (tertiary/aromatic N) is 3. The minimum Gasteiger partial charge on any atom is -0.494 e. The molecule has 3 rings (SSSR count). The molecule has 1 amide bonds. The predicted octanol–water partition coefficient (Wildman–Crippen LogP) is 5.85. The van der Waals surface area contributed by atoms with Crippen LogP contribution < -0.4 is 19.5 Å². The monoisotopic (exact) mass is 630 g/mol. The number of nitro groups is 2. The molecule has 12 nitrogen and oxygen atoms in total. The normalized spacial score (nSPS) is 10.7. The van der Waals surface area contributed by atoms with Gasteiger partial charge in [-0.15, -0.1) is 0 Å². The maximum Gasteiger partial charge on any atom is 0.318 e. The van der Waals surface area contributed by atoms with Crippen LogP contribution in [0.4, 0.5) is 17.1 Å². The maximum absolute atomic E-state index is 12.7. The van der Waals surface area contributed by atoms with E-state index in [0.717, 1.165) is 18.2 Å². The molecule has 0 saturated heterocycles. The number of carbonyl (C=O) groups is 1. The number of hydrogen-bond acceptors (Lipinski definition) is 9. The molecule has 0 aliphatic carbocycles. The quantitative estimate of drug-likeness (QED) is 0.0950. The summed E-state index contributed by atoms with van der Waals surface area (Å²) in [6.07, 6.45) is 1.35. The molecule has 1 N–H and O–H groups in total. The molecule has 0 bridgehead atoms. The summed E-state index contributed by atoms with van der Waals surface area (Å²) >= 11 is 1.90. The van der Waals surface area contributed by atoms with Gasteiger partial charge in [0.2, 0.25) is 5.75 Å². The molecule has 0 saturated carbocycles. The van der Waals surface area contributed by atoms with E-state index in [1.165, 1.54) is 19.3 Å². The number of nitro benzene ring substituents is 2. The number of benzene rings is 3. The number of nitrogens with one attached hydrogen (secondary N) is 1. The molecule has 0 heterocycles. The van der Waals surface area contributed by atoms with Crippen LogP contribution in [0.3, 0.4) is 0 Å². The molecule has 3 aromatic carbocycles. The van der Waals surface area contributed by atoms with Crippen LogP contribution in [-0.4, -0.2) is 29.5 Å². The molecule has 0 atom stereocenters. The summed E-state index contributed by atoms with van der Waals surface area (Å²) in [7, 11) is 1.35. The topological polar surface area (TPSA) is 167 Å². The van der Waals surface area contributed by atoms with E-state index in [1.807, 2.05) is 35.6 Å². The minimum absolute atomic E-state index is 0.111. The average molecular weight is 630 g/mol. The highest BCUT2D eigenvalue weighted by Crippen LogP contribution is 2.41. The summed E-state index contributed by atoms with van der Waals surface area (Å²) < 4.78 is 16.9. The second-order valence-corrected chi connectivity index (χ2v) is 8.55. The van der Waals surface area contributed by atoms with Crippen LogP contribution in [0, 0.1) is 35.1 Å². The smallest absolute Gasteiger partial charge is 0.318 e. The van der Waals surface area contributed by atoms with Crippen molar-refractivity contribution in [1.29, 1.82) is 5.26 Å². The van der Waals surface area contributed by atoms with E-state index in [2.05, 4.69) is 5.32 Å². The molecule has 13 heteroatoms. The number of hydrogen-bond donors (Lipinski definition) is 1. The lowest BCUT2D eigenvalue weighted by atomic mass is 10.1. The van der Waals surface area contributed by atoms with Gasteiger partial charge in [-0.25, -0.2) is 0 Å². The predicted molar refractivity (Wildman–Crippen MR) is 145 cm³/mol. The lowest BCUT2D eigenvalue weighted by Crippen LogP contribution is -2.13. The van der Waals surface area contributed by atoms with Crippen LogP contribution in [-0.2, 0) is 4.79 Å². The van der Waals surface area contributed by atoms with Crippen molar-refractivity contribution < 1.29 is 28.9 Å². The first-order valence-electron chi connectivity index (χ1n) is 10.8. The Labute approximate surface area is 229 Å². The number of non-ortho nitro benzene ring substituents is 1. The first kappa shape index (κ1) is 27.9. The van der Waals surface area contributed by atoms with Crippen molar-refractivity contribution in [2.24, 2.45) is 0 Å². The first-order chi connectivity index (χ1) is 18.2. The summed E-state index contributed by atoms with van der Waals surface area (Å²) in [5, 5.41) is 34.7. The summed E-state index contributed by atoms with van der Waals surface area (Å²) in [6.45, 7) is 2.36. The van der Waals surface area contributed by atoms with Gasteiger partial charge in [0.05, 0.1) is 33.2 Å². The highest BCUT2D eigenvalue weighted by molar-refractivity contribution is 14.1. The fraction of sp³-hybridized carbons (Fsp3) is 0.120. The molecule has 38 heavy (non-hydrogen) atoms. The molecule has 0 aliphatic heterocycles.